The Kier molecular flexibility index (Phi) is 4.84. The van der Waals surface area contributed by atoms with Crippen LogP contribution >= 0.6 is 0 Å². The van der Waals surface area contributed by atoms with Crippen molar-refractivity contribution in [1.29, 1.82) is 0 Å². The summed E-state index contributed by atoms with van der Waals surface area (Å²) in [5, 5.41) is 25.2. The van der Waals surface area contributed by atoms with Crippen LogP contribution < -0.4 is 0 Å². The Balaban J connectivity index is 2.10. The second-order valence-corrected chi connectivity index (χ2v) is 4.81. The van der Waals surface area contributed by atoms with Crippen LogP contribution in [0.5, 0.6) is 0 Å². The van der Waals surface area contributed by atoms with Gasteiger partial charge in [0.2, 0.25) is 0 Å². The number of nitrogens with one attached hydrogen (secondary N) is 1. The third-order valence-corrected chi connectivity index (χ3v) is 3.02. The molecule has 2 aromatic rings. The van der Waals surface area contributed by atoms with Gasteiger partial charge in [-0.15, -0.1) is 0 Å². The molecule has 0 saturated carbocycles. The minimum Gasteiger partial charge on any atom is -0.394 e. The number of aliphatic hydroxyl groups is 2. The van der Waals surface area contributed by atoms with Gasteiger partial charge in [0.1, 0.15) is 5.82 Å². The van der Waals surface area contributed by atoms with Crippen molar-refractivity contribution in [3.05, 3.63) is 41.8 Å². The zero-order valence-electron chi connectivity index (χ0n) is 11.3. The number of hydrogen-bond donors (Lipinski definition) is 3. The highest BCUT2D eigenvalue weighted by Gasteiger charge is 2.12. The Morgan fingerprint density at radius 1 is 1.35 bits per heavy atom. The van der Waals surface area contributed by atoms with Gasteiger partial charge in [-0.3, -0.25) is 10.00 Å². The molecule has 0 fully saturated rings. The van der Waals surface area contributed by atoms with Crippen molar-refractivity contribution in [2.45, 2.75) is 12.6 Å². The van der Waals surface area contributed by atoms with Crippen LogP contribution in [0.25, 0.3) is 11.3 Å². The largest absolute Gasteiger partial charge is 0.394 e. The van der Waals surface area contributed by atoms with E-state index >= 15 is 0 Å². The van der Waals surface area contributed by atoms with E-state index in [9.17, 15) is 9.50 Å². The van der Waals surface area contributed by atoms with Crippen LogP contribution in [-0.4, -0.2) is 51.6 Å². The molecule has 0 spiro atoms. The van der Waals surface area contributed by atoms with Gasteiger partial charge in [-0.05, 0) is 31.3 Å². The van der Waals surface area contributed by atoms with Gasteiger partial charge in [0.15, 0.2) is 0 Å². The van der Waals surface area contributed by atoms with Gasteiger partial charge in [0.05, 0.1) is 24.6 Å². The molecule has 3 N–H and O–H groups in total. The lowest BCUT2D eigenvalue weighted by atomic mass is 10.1. The highest BCUT2D eigenvalue weighted by atomic mass is 19.1. The number of halogens is 1. The fraction of sp³-hybridized carbons (Fsp3) is 0.357. The predicted octanol–water partition coefficient (Wildman–Crippen LogP) is 1.00. The van der Waals surface area contributed by atoms with Crippen LogP contribution in [-0.2, 0) is 6.54 Å². The van der Waals surface area contributed by atoms with Gasteiger partial charge in [-0.2, -0.15) is 5.10 Å². The lowest BCUT2D eigenvalue weighted by Gasteiger charge is -2.19. The van der Waals surface area contributed by atoms with Crippen molar-refractivity contribution in [1.82, 2.24) is 15.1 Å². The number of hydrogen-bond acceptors (Lipinski definition) is 4. The van der Waals surface area contributed by atoms with Gasteiger partial charge in [-0.25, -0.2) is 4.39 Å². The lowest BCUT2D eigenvalue weighted by Crippen LogP contribution is -2.31. The Hall–Kier alpha value is -1.76. The van der Waals surface area contributed by atoms with Crippen LogP contribution in [0.3, 0.4) is 0 Å². The minimum atomic E-state index is -0.763. The topological polar surface area (TPSA) is 72.4 Å². The monoisotopic (exact) mass is 279 g/mol. The van der Waals surface area contributed by atoms with E-state index in [2.05, 4.69) is 10.2 Å². The standard InChI is InChI=1S/C14H18FN3O2/c1-18(8-13(20)9-19)7-11-6-16-17-14(11)10-2-4-12(15)5-3-10/h2-6,13,19-20H,7-9H2,1H3,(H,16,17)/t13-/m0/s1. The van der Waals surface area contributed by atoms with E-state index < -0.39 is 6.10 Å². The van der Waals surface area contributed by atoms with Gasteiger partial charge in [0.25, 0.3) is 0 Å². The maximum atomic E-state index is 12.9. The Morgan fingerprint density at radius 2 is 2.05 bits per heavy atom. The molecule has 0 aliphatic rings. The van der Waals surface area contributed by atoms with E-state index in [-0.39, 0.29) is 12.4 Å². The van der Waals surface area contributed by atoms with Gasteiger partial charge < -0.3 is 10.2 Å². The summed E-state index contributed by atoms with van der Waals surface area (Å²) < 4.78 is 12.9. The van der Waals surface area contributed by atoms with E-state index in [1.54, 1.807) is 18.3 Å². The number of aromatic amines is 1. The smallest absolute Gasteiger partial charge is 0.123 e. The molecule has 0 amide bonds. The molecule has 0 bridgehead atoms. The molecule has 1 aromatic carbocycles. The molecule has 0 radical (unpaired) electrons. The van der Waals surface area contributed by atoms with Crippen molar-refractivity contribution in [2.75, 3.05) is 20.2 Å². The number of H-pyrrole nitrogens is 1. The first kappa shape index (κ1) is 14.6. The number of aromatic nitrogens is 2. The molecule has 5 nitrogen and oxygen atoms in total. The van der Waals surface area contributed by atoms with E-state index in [4.69, 9.17) is 5.11 Å². The van der Waals surface area contributed by atoms with E-state index in [0.717, 1.165) is 16.8 Å². The molecule has 20 heavy (non-hydrogen) atoms. The quantitative estimate of drug-likeness (QED) is 0.737. The summed E-state index contributed by atoms with van der Waals surface area (Å²) in [4.78, 5) is 1.89. The molecule has 0 saturated heterocycles. The normalized spacial score (nSPS) is 12.8. The number of benzene rings is 1. The van der Waals surface area contributed by atoms with Gasteiger partial charge in [-0.1, -0.05) is 0 Å². The fourth-order valence-corrected chi connectivity index (χ4v) is 2.07. The summed E-state index contributed by atoms with van der Waals surface area (Å²) in [5.74, 6) is -0.280. The third kappa shape index (κ3) is 3.63. The van der Waals surface area contributed by atoms with E-state index in [0.29, 0.717) is 13.1 Å². The number of likely N-dealkylation sites (N-methyl/N-ethyl adjacent to an activating group) is 1. The predicted molar refractivity (Wildman–Crippen MR) is 73.4 cm³/mol. The molecule has 6 heteroatoms. The Bertz CT molecular complexity index is 542. The molecule has 2 rings (SSSR count). The molecule has 0 aliphatic heterocycles. The Morgan fingerprint density at radius 3 is 2.70 bits per heavy atom. The van der Waals surface area contributed by atoms with Crippen LogP contribution in [0.4, 0.5) is 4.39 Å². The summed E-state index contributed by atoms with van der Waals surface area (Å²) in [6, 6.07) is 6.18. The number of nitrogens with zero attached hydrogens (tertiary/aromatic N) is 2. The average Bonchev–Trinajstić information content (AvgIpc) is 2.87. The summed E-state index contributed by atoms with van der Waals surface area (Å²) in [7, 11) is 1.85. The zero-order chi connectivity index (χ0) is 14.5. The summed E-state index contributed by atoms with van der Waals surface area (Å²) in [5.41, 5.74) is 2.63. The summed E-state index contributed by atoms with van der Waals surface area (Å²) in [6.07, 6.45) is 0.946. The van der Waals surface area contributed by atoms with Crippen molar-refractivity contribution in [3.8, 4) is 11.3 Å². The second kappa shape index (κ2) is 6.60. The van der Waals surface area contributed by atoms with Gasteiger partial charge in [0, 0.05) is 24.2 Å². The SMILES string of the molecule is CN(Cc1cn[nH]c1-c1ccc(F)cc1)C[C@H](O)CO. The third-order valence-electron chi connectivity index (χ3n) is 3.02. The summed E-state index contributed by atoms with van der Waals surface area (Å²) in [6.45, 7) is 0.672. The molecule has 108 valence electrons. The molecular formula is C14H18FN3O2. The maximum absolute atomic E-state index is 12.9. The number of aliphatic hydroxyl groups excluding tert-OH is 2. The van der Waals surface area contributed by atoms with Gasteiger partial charge >= 0.3 is 0 Å². The average molecular weight is 279 g/mol. The minimum absolute atomic E-state index is 0.263. The van der Waals surface area contributed by atoms with Crippen molar-refractivity contribution in [2.24, 2.45) is 0 Å². The first-order chi connectivity index (χ1) is 9.60. The van der Waals surface area contributed by atoms with E-state index in [1.807, 2.05) is 11.9 Å². The van der Waals surface area contributed by atoms with Crippen LogP contribution in [0, 0.1) is 5.82 Å². The Labute approximate surface area is 116 Å². The fourth-order valence-electron chi connectivity index (χ4n) is 2.07. The molecule has 1 heterocycles. The van der Waals surface area contributed by atoms with Crippen LogP contribution in [0.15, 0.2) is 30.5 Å². The van der Waals surface area contributed by atoms with Crippen molar-refractivity contribution in [3.63, 3.8) is 0 Å². The lowest BCUT2D eigenvalue weighted by molar-refractivity contribution is 0.0648. The first-order valence-electron chi connectivity index (χ1n) is 6.35. The van der Waals surface area contributed by atoms with E-state index in [1.165, 1.54) is 12.1 Å². The highest BCUT2D eigenvalue weighted by Crippen LogP contribution is 2.22. The molecule has 0 aliphatic carbocycles. The second-order valence-electron chi connectivity index (χ2n) is 4.81. The van der Waals surface area contributed by atoms with Crippen molar-refractivity contribution < 1.29 is 14.6 Å². The van der Waals surface area contributed by atoms with Crippen molar-refractivity contribution >= 4 is 0 Å². The first-order valence-corrected chi connectivity index (χ1v) is 6.35. The number of rotatable bonds is 6. The summed E-state index contributed by atoms with van der Waals surface area (Å²) >= 11 is 0. The zero-order valence-corrected chi connectivity index (χ0v) is 11.3. The van der Waals surface area contributed by atoms with Crippen LogP contribution in [0.2, 0.25) is 0 Å². The molecule has 1 atom stereocenters. The van der Waals surface area contributed by atoms with Crippen LogP contribution in [0.1, 0.15) is 5.56 Å². The molecular weight excluding hydrogens is 261 g/mol. The maximum Gasteiger partial charge on any atom is 0.123 e. The highest BCUT2D eigenvalue weighted by molar-refractivity contribution is 5.62. The molecule has 1 aromatic heterocycles. The molecule has 0 unspecified atom stereocenters.